The van der Waals surface area contributed by atoms with Crippen LogP contribution in [0.1, 0.15) is 41.9 Å². The minimum atomic E-state index is -0.129. The van der Waals surface area contributed by atoms with Crippen LogP contribution in [0.4, 0.5) is 0 Å². The molecule has 1 heterocycles. The van der Waals surface area contributed by atoms with Gasteiger partial charge in [0.05, 0.1) is 12.6 Å². The Labute approximate surface area is 120 Å². The van der Waals surface area contributed by atoms with Crippen LogP contribution in [0.2, 0.25) is 0 Å². The van der Waals surface area contributed by atoms with E-state index in [0.29, 0.717) is 0 Å². The van der Waals surface area contributed by atoms with E-state index in [1.807, 2.05) is 50.2 Å². The van der Waals surface area contributed by atoms with Crippen molar-refractivity contribution in [2.45, 2.75) is 33.2 Å². The molecule has 0 amide bonds. The smallest absolute Gasteiger partial charge is 0.119 e. The highest BCUT2D eigenvalue weighted by Gasteiger charge is 2.10. The Morgan fingerprint density at radius 2 is 1.65 bits per heavy atom. The number of nitrogens with two attached hydrogens (primary N) is 1. The number of nitrogens with zero attached hydrogens (tertiary/aromatic N) is 1. The van der Waals surface area contributed by atoms with Crippen LogP contribution >= 0.6 is 0 Å². The van der Waals surface area contributed by atoms with E-state index in [-0.39, 0.29) is 6.04 Å². The number of rotatable bonds is 5. The fourth-order valence-electron chi connectivity index (χ4n) is 2.23. The summed E-state index contributed by atoms with van der Waals surface area (Å²) in [5.74, 6) is 0.893. The second-order valence-electron chi connectivity index (χ2n) is 5.08. The number of hydrogen-bond acceptors (Lipinski definition) is 3. The Kier molecular flexibility index (Phi) is 4.74. The van der Waals surface area contributed by atoms with Gasteiger partial charge < -0.3 is 10.5 Å². The number of pyridine rings is 1. The number of hydrogen-bond donors (Lipinski definition) is 1. The van der Waals surface area contributed by atoms with Gasteiger partial charge in [0.25, 0.3) is 0 Å². The average molecular weight is 270 g/mol. The summed E-state index contributed by atoms with van der Waals surface area (Å²) < 4.78 is 5.58. The van der Waals surface area contributed by atoms with Gasteiger partial charge in [-0.2, -0.15) is 0 Å². The van der Waals surface area contributed by atoms with E-state index in [1.165, 1.54) is 0 Å². The van der Waals surface area contributed by atoms with Crippen molar-refractivity contribution >= 4 is 0 Å². The molecule has 0 saturated carbocycles. The number of benzene rings is 1. The van der Waals surface area contributed by atoms with Crippen molar-refractivity contribution in [1.29, 1.82) is 0 Å². The zero-order chi connectivity index (χ0) is 14.5. The van der Waals surface area contributed by atoms with Gasteiger partial charge in [-0.1, -0.05) is 19.1 Å². The molecule has 2 aromatic rings. The fourth-order valence-corrected chi connectivity index (χ4v) is 2.23. The van der Waals surface area contributed by atoms with Crippen LogP contribution in [-0.4, -0.2) is 11.6 Å². The minimum absolute atomic E-state index is 0.129. The highest BCUT2D eigenvalue weighted by atomic mass is 16.5. The van der Waals surface area contributed by atoms with Crippen molar-refractivity contribution in [3.63, 3.8) is 0 Å². The van der Waals surface area contributed by atoms with Crippen LogP contribution in [0.3, 0.4) is 0 Å². The third-order valence-electron chi connectivity index (χ3n) is 3.18. The predicted octanol–water partition coefficient (Wildman–Crippen LogP) is 3.54. The van der Waals surface area contributed by atoms with Crippen molar-refractivity contribution in [2.24, 2.45) is 5.73 Å². The molecular formula is C17H22N2O. The maximum atomic E-state index is 6.34. The summed E-state index contributed by atoms with van der Waals surface area (Å²) in [4.78, 5) is 4.38. The van der Waals surface area contributed by atoms with E-state index in [1.54, 1.807) is 0 Å². The topological polar surface area (TPSA) is 48.1 Å². The lowest BCUT2D eigenvalue weighted by molar-refractivity contribution is 0.317. The molecule has 0 aliphatic carbocycles. The molecule has 0 aliphatic rings. The van der Waals surface area contributed by atoms with E-state index in [4.69, 9.17) is 10.5 Å². The van der Waals surface area contributed by atoms with Gasteiger partial charge in [-0.25, -0.2) is 0 Å². The first-order valence-corrected chi connectivity index (χ1v) is 7.03. The zero-order valence-electron chi connectivity index (χ0n) is 12.4. The van der Waals surface area contributed by atoms with Crippen LogP contribution in [-0.2, 0) is 0 Å². The molecule has 1 unspecified atom stereocenters. The molecule has 20 heavy (non-hydrogen) atoms. The molecule has 0 aliphatic heterocycles. The van der Waals surface area contributed by atoms with E-state index >= 15 is 0 Å². The molecule has 0 bridgehead atoms. The van der Waals surface area contributed by atoms with Crippen LogP contribution in [0.5, 0.6) is 5.75 Å². The van der Waals surface area contributed by atoms with Crippen molar-refractivity contribution in [2.75, 3.05) is 6.61 Å². The van der Waals surface area contributed by atoms with Crippen LogP contribution in [0, 0.1) is 13.8 Å². The summed E-state index contributed by atoms with van der Waals surface area (Å²) in [6, 6.07) is 12.0. The molecule has 1 aromatic carbocycles. The van der Waals surface area contributed by atoms with Gasteiger partial charge in [0.1, 0.15) is 5.75 Å². The number of aromatic nitrogens is 1. The summed E-state index contributed by atoms with van der Waals surface area (Å²) >= 11 is 0. The van der Waals surface area contributed by atoms with Crippen molar-refractivity contribution in [1.82, 2.24) is 4.98 Å². The fraction of sp³-hybridized carbons (Fsp3) is 0.353. The van der Waals surface area contributed by atoms with E-state index in [2.05, 4.69) is 11.9 Å². The Hall–Kier alpha value is -1.87. The average Bonchev–Trinajstić information content (AvgIpc) is 2.44. The lowest BCUT2D eigenvalue weighted by Gasteiger charge is -2.14. The van der Waals surface area contributed by atoms with Gasteiger partial charge in [-0.15, -0.1) is 0 Å². The largest absolute Gasteiger partial charge is 0.494 e. The Morgan fingerprint density at radius 3 is 2.20 bits per heavy atom. The van der Waals surface area contributed by atoms with Crippen molar-refractivity contribution in [3.8, 4) is 5.75 Å². The molecule has 0 spiro atoms. The molecule has 106 valence electrons. The van der Waals surface area contributed by atoms with Gasteiger partial charge in [0.2, 0.25) is 0 Å². The first-order chi connectivity index (χ1) is 9.60. The summed E-state index contributed by atoms with van der Waals surface area (Å²) in [5.41, 5.74) is 10.5. The number of aryl methyl sites for hydroxylation is 2. The second-order valence-corrected chi connectivity index (χ2v) is 5.08. The molecule has 0 saturated heterocycles. The quantitative estimate of drug-likeness (QED) is 0.904. The highest BCUT2D eigenvalue weighted by molar-refractivity contribution is 5.36. The SMILES string of the molecule is CCCOc1ccc(C(N)c2cc(C)nc(C)c2)cc1. The third kappa shape index (κ3) is 3.58. The van der Waals surface area contributed by atoms with Gasteiger partial charge in [-0.05, 0) is 55.7 Å². The summed E-state index contributed by atoms with van der Waals surface area (Å²) in [5, 5.41) is 0. The molecule has 2 N–H and O–H groups in total. The van der Waals surface area contributed by atoms with E-state index in [0.717, 1.165) is 41.3 Å². The molecule has 3 nitrogen and oxygen atoms in total. The monoisotopic (exact) mass is 270 g/mol. The Balaban J connectivity index is 2.17. The van der Waals surface area contributed by atoms with Crippen molar-refractivity contribution in [3.05, 3.63) is 58.9 Å². The molecule has 0 radical (unpaired) electrons. The lowest BCUT2D eigenvalue weighted by atomic mass is 9.99. The Bertz CT molecular complexity index is 543. The van der Waals surface area contributed by atoms with Gasteiger partial charge >= 0.3 is 0 Å². The van der Waals surface area contributed by atoms with Crippen LogP contribution < -0.4 is 10.5 Å². The first kappa shape index (κ1) is 14.5. The Morgan fingerprint density at radius 1 is 1.05 bits per heavy atom. The van der Waals surface area contributed by atoms with Gasteiger partial charge in [0, 0.05) is 11.4 Å². The molecule has 1 atom stereocenters. The molecular weight excluding hydrogens is 248 g/mol. The predicted molar refractivity (Wildman–Crippen MR) is 82.0 cm³/mol. The summed E-state index contributed by atoms with van der Waals surface area (Å²) in [6.45, 7) is 6.82. The second kappa shape index (κ2) is 6.53. The summed E-state index contributed by atoms with van der Waals surface area (Å²) in [7, 11) is 0. The van der Waals surface area contributed by atoms with Crippen molar-refractivity contribution < 1.29 is 4.74 Å². The maximum absolute atomic E-state index is 6.34. The molecule has 3 heteroatoms. The molecule has 0 fully saturated rings. The van der Waals surface area contributed by atoms with Gasteiger partial charge in [0.15, 0.2) is 0 Å². The minimum Gasteiger partial charge on any atom is -0.494 e. The number of ether oxygens (including phenoxy) is 1. The first-order valence-electron chi connectivity index (χ1n) is 7.03. The maximum Gasteiger partial charge on any atom is 0.119 e. The summed E-state index contributed by atoms with van der Waals surface area (Å²) in [6.07, 6.45) is 1.01. The van der Waals surface area contributed by atoms with Gasteiger partial charge in [-0.3, -0.25) is 4.98 Å². The molecule has 2 rings (SSSR count). The van der Waals surface area contributed by atoms with E-state index in [9.17, 15) is 0 Å². The van der Waals surface area contributed by atoms with Crippen LogP contribution in [0.25, 0.3) is 0 Å². The molecule has 1 aromatic heterocycles. The normalized spacial score (nSPS) is 12.2. The van der Waals surface area contributed by atoms with E-state index < -0.39 is 0 Å². The van der Waals surface area contributed by atoms with Crippen LogP contribution in [0.15, 0.2) is 36.4 Å². The highest BCUT2D eigenvalue weighted by Crippen LogP contribution is 2.23. The lowest BCUT2D eigenvalue weighted by Crippen LogP contribution is -2.12. The third-order valence-corrected chi connectivity index (χ3v) is 3.18. The zero-order valence-corrected chi connectivity index (χ0v) is 12.4. The standard InChI is InChI=1S/C17H22N2O/c1-4-9-20-16-7-5-14(6-8-16)17(18)15-10-12(2)19-13(3)11-15/h5-8,10-11,17H,4,9,18H2,1-3H3.